The number of ether oxygens (including phenoxy) is 1. The van der Waals surface area contributed by atoms with Crippen LogP contribution in [-0.2, 0) is 21.4 Å². The molecule has 1 atom stereocenters. The molecule has 0 unspecified atom stereocenters. The van der Waals surface area contributed by atoms with Crippen molar-refractivity contribution in [3.63, 3.8) is 0 Å². The van der Waals surface area contributed by atoms with Crippen molar-refractivity contribution in [2.75, 3.05) is 17.5 Å². The van der Waals surface area contributed by atoms with Crippen LogP contribution in [0, 0.1) is 5.82 Å². The third-order valence-electron chi connectivity index (χ3n) is 3.87. The minimum absolute atomic E-state index is 0.0214. The lowest BCUT2D eigenvalue weighted by atomic mass is 10.2. The number of hydrogen-bond acceptors (Lipinski definition) is 6. The monoisotopic (exact) mass is 422 g/mol. The quantitative estimate of drug-likeness (QED) is 0.573. The Labute approximate surface area is 166 Å². The third kappa shape index (κ3) is 4.93. The topological polar surface area (TPSA) is 79.7 Å². The number of anilines is 1. The van der Waals surface area contributed by atoms with Crippen molar-refractivity contribution < 1.29 is 22.7 Å². The molecule has 0 amide bonds. The van der Waals surface area contributed by atoms with Crippen LogP contribution in [0.2, 0.25) is 0 Å². The van der Waals surface area contributed by atoms with Crippen molar-refractivity contribution in [1.82, 2.24) is 4.98 Å². The van der Waals surface area contributed by atoms with Gasteiger partial charge in [0.15, 0.2) is 5.13 Å². The highest BCUT2D eigenvalue weighted by Gasteiger charge is 2.28. The summed E-state index contributed by atoms with van der Waals surface area (Å²) in [6.45, 7) is -0.408. The van der Waals surface area contributed by atoms with Crippen LogP contribution in [0.1, 0.15) is 5.56 Å². The van der Waals surface area contributed by atoms with Gasteiger partial charge in [-0.25, -0.2) is 22.1 Å². The normalized spacial score (nSPS) is 12.6. The van der Waals surface area contributed by atoms with E-state index < -0.39 is 21.9 Å². The summed E-state index contributed by atoms with van der Waals surface area (Å²) in [6, 6.07) is 14.1. The van der Waals surface area contributed by atoms with E-state index in [9.17, 15) is 17.9 Å². The van der Waals surface area contributed by atoms with Crippen LogP contribution in [-0.4, -0.2) is 37.8 Å². The largest absolute Gasteiger partial charge is 0.389 e. The fourth-order valence-corrected chi connectivity index (χ4v) is 4.86. The molecule has 3 rings (SSSR count). The molecule has 0 aliphatic rings. The summed E-state index contributed by atoms with van der Waals surface area (Å²) in [6.07, 6.45) is 0.378. The number of aromatic nitrogens is 1. The summed E-state index contributed by atoms with van der Waals surface area (Å²) in [5.74, 6) is -0.395. The first-order chi connectivity index (χ1) is 13.5. The summed E-state index contributed by atoms with van der Waals surface area (Å²) in [5.41, 5.74) is 0.364. The number of sulfonamides is 1. The molecule has 3 aromatic rings. The highest BCUT2D eigenvalue weighted by atomic mass is 32.2. The summed E-state index contributed by atoms with van der Waals surface area (Å²) in [4.78, 5) is 4.17. The molecule has 148 valence electrons. The van der Waals surface area contributed by atoms with Gasteiger partial charge in [-0.05, 0) is 18.2 Å². The first kappa shape index (κ1) is 20.4. The lowest BCUT2D eigenvalue weighted by Crippen LogP contribution is -2.39. The number of halogens is 1. The second-order valence-corrected chi connectivity index (χ2v) is 8.66. The maximum Gasteiger partial charge on any atom is 0.266 e. The highest BCUT2D eigenvalue weighted by Crippen LogP contribution is 2.25. The molecule has 1 aromatic heterocycles. The SMILES string of the molecule is O=S(=O)(c1ccccc1)N(C[C@@H](O)COCc1ccccc1F)c1nccs1. The zero-order chi connectivity index (χ0) is 20.0. The summed E-state index contributed by atoms with van der Waals surface area (Å²) < 4.78 is 46.0. The Morgan fingerprint density at radius 1 is 1.14 bits per heavy atom. The Morgan fingerprint density at radius 2 is 1.86 bits per heavy atom. The maximum atomic E-state index is 13.6. The van der Waals surface area contributed by atoms with Gasteiger partial charge in [0.25, 0.3) is 10.0 Å². The van der Waals surface area contributed by atoms with Crippen LogP contribution in [0.15, 0.2) is 71.1 Å². The van der Waals surface area contributed by atoms with Gasteiger partial charge < -0.3 is 9.84 Å². The zero-order valence-electron chi connectivity index (χ0n) is 14.8. The zero-order valence-corrected chi connectivity index (χ0v) is 16.4. The Balaban J connectivity index is 1.69. The first-order valence-corrected chi connectivity index (χ1v) is 10.8. The van der Waals surface area contributed by atoms with E-state index in [0.717, 1.165) is 15.6 Å². The number of thiazole rings is 1. The lowest BCUT2D eigenvalue weighted by Gasteiger charge is -2.24. The molecule has 0 saturated carbocycles. The van der Waals surface area contributed by atoms with Crippen molar-refractivity contribution in [3.8, 4) is 0 Å². The van der Waals surface area contributed by atoms with Crippen molar-refractivity contribution in [1.29, 1.82) is 0 Å². The molecule has 0 aliphatic carbocycles. The molecule has 0 fully saturated rings. The summed E-state index contributed by atoms with van der Waals surface area (Å²) in [7, 11) is -3.90. The van der Waals surface area contributed by atoms with Gasteiger partial charge in [0.05, 0.1) is 30.8 Å². The third-order valence-corrected chi connectivity index (χ3v) is 6.55. The van der Waals surface area contributed by atoms with E-state index in [-0.39, 0.29) is 29.8 Å². The number of hydrogen-bond donors (Lipinski definition) is 1. The molecule has 28 heavy (non-hydrogen) atoms. The average Bonchev–Trinajstić information content (AvgIpc) is 3.22. The second-order valence-electron chi connectivity index (χ2n) is 5.92. The number of aliphatic hydroxyl groups excluding tert-OH is 1. The number of rotatable bonds is 9. The second kappa shape index (κ2) is 9.24. The molecule has 1 heterocycles. The van der Waals surface area contributed by atoms with Gasteiger partial charge in [-0.2, -0.15) is 0 Å². The van der Waals surface area contributed by atoms with Crippen LogP contribution in [0.4, 0.5) is 9.52 Å². The predicted octanol–water partition coefficient (Wildman–Crippen LogP) is 3.06. The van der Waals surface area contributed by atoms with Crippen LogP contribution in [0.5, 0.6) is 0 Å². The molecule has 9 heteroatoms. The van der Waals surface area contributed by atoms with Gasteiger partial charge in [0, 0.05) is 17.1 Å². The van der Waals surface area contributed by atoms with Crippen molar-refractivity contribution in [3.05, 3.63) is 77.6 Å². The standard InChI is InChI=1S/C19H19FN2O4S2/c20-18-9-5-4-6-15(18)13-26-14-16(23)12-22(19-21-10-11-27-19)28(24,25)17-7-2-1-3-8-17/h1-11,16,23H,12-14H2/t16-/m1/s1. The molecule has 0 spiro atoms. The molecule has 0 saturated heterocycles. The number of benzene rings is 2. The lowest BCUT2D eigenvalue weighted by molar-refractivity contribution is 0.0323. The smallest absolute Gasteiger partial charge is 0.266 e. The van der Waals surface area contributed by atoms with Crippen molar-refractivity contribution in [2.24, 2.45) is 0 Å². The van der Waals surface area contributed by atoms with E-state index in [0.29, 0.717) is 5.56 Å². The summed E-state index contributed by atoms with van der Waals surface area (Å²) in [5, 5.41) is 12.2. The molecule has 0 bridgehead atoms. The van der Waals surface area contributed by atoms with Crippen LogP contribution in [0.3, 0.4) is 0 Å². The number of aliphatic hydroxyl groups is 1. The molecular weight excluding hydrogens is 403 g/mol. The maximum absolute atomic E-state index is 13.6. The minimum Gasteiger partial charge on any atom is -0.389 e. The molecule has 0 radical (unpaired) electrons. The van der Waals surface area contributed by atoms with Crippen LogP contribution < -0.4 is 4.31 Å². The molecule has 1 N–H and O–H groups in total. The van der Waals surface area contributed by atoms with Gasteiger partial charge in [0.2, 0.25) is 0 Å². The minimum atomic E-state index is -3.90. The van der Waals surface area contributed by atoms with Gasteiger partial charge in [-0.3, -0.25) is 0 Å². The van der Waals surface area contributed by atoms with Gasteiger partial charge in [-0.15, -0.1) is 11.3 Å². The summed E-state index contributed by atoms with van der Waals surface area (Å²) >= 11 is 1.15. The van der Waals surface area contributed by atoms with E-state index in [1.165, 1.54) is 24.4 Å². The average molecular weight is 423 g/mol. The van der Waals surface area contributed by atoms with E-state index >= 15 is 0 Å². The molecule has 2 aromatic carbocycles. The fraction of sp³-hybridized carbons (Fsp3) is 0.211. The van der Waals surface area contributed by atoms with E-state index in [1.807, 2.05) is 0 Å². The molecule has 6 nitrogen and oxygen atoms in total. The van der Waals surface area contributed by atoms with Gasteiger partial charge in [0.1, 0.15) is 5.82 Å². The Morgan fingerprint density at radius 3 is 2.54 bits per heavy atom. The van der Waals surface area contributed by atoms with Crippen molar-refractivity contribution in [2.45, 2.75) is 17.6 Å². The Kier molecular flexibility index (Phi) is 6.74. The fourth-order valence-electron chi connectivity index (χ4n) is 2.50. The Hall–Kier alpha value is -2.33. The van der Waals surface area contributed by atoms with E-state index in [2.05, 4.69) is 4.98 Å². The van der Waals surface area contributed by atoms with Crippen molar-refractivity contribution >= 4 is 26.5 Å². The predicted molar refractivity (Wildman–Crippen MR) is 105 cm³/mol. The van der Waals surface area contributed by atoms with E-state index in [4.69, 9.17) is 4.74 Å². The number of nitrogens with zero attached hydrogens (tertiary/aromatic N) is 2. The Bertz CT molecular complexity index is 982. The highest BCUT2D eigenvalue weighted by molar-refractivity contribution is 7.93. The van der Waals surface area contributed by atoms with Gasteiger partial charge in [-0.1, -0.05) is 36.4 Å². The molecule has 0 aliphatic heterocycles. The first-order valence-electron chi connectivity index (χ1n) is 8.45. The van der Waals surface area contributed by atoms with Crippen LogP contribution in [0.25, 0.3) is 0 Å². The molecular formula is C19H19FN2O4S2. The van der Waals surface area contributed by atoms with Gasteiger partial charge >= 0.3 is 0 Å². The van der Waals surface area contributed by atoms with E-state index in [1.54, 1.807) is 41.8 Å². The van der Waals surface area contributed by atoms with Crippen LogP contribution >= 0.6 is 11.3 Å².